The number of fused-ring (bicyclic) bond motifs is 3. The number of ether oxygens (including phenoxy) is 1. The van der Waals surface area contributed by atoms with Gasteiger partial charge < -0.3 is 10.5 Å². The molecule has 174 valence electrons. The molecule has 7 heteroatoms. The molecule has 0 saturated heterocycles. The van der Waals surface area contributed by atoms with Crippen molar-refractivity contribution in [2.75, 3.05) is 7.05 Å². The number of nitrogens with zero attached hydrogens (tertiary/aromatic N) is 2. The molecule has 0 bridgehead atoms. The van der Waals surface area contributed by atoms with Crippen molar-refractivity contribution in [3.63, 3.8) is 0 Å². The van der Waals surface area contributed by atoms with Crippen LogP contribution in [0.1, 0.15) is 36.0 Å². The Bertz CT molecular complexity index is 1330. The van der Waals surface area contributed by atoms with E-state index < -0.39 is 17.1 Å². The molecule has 0 saturated carbocycles. The predicted octanol–water partition coefficient (Wildman–Crippen LogP) is 5.59. The highest BCUT2D eigenvalue weighted by Crippen LogP contribution is 2.53. The molecule has 6 rings (SSSR count). The van der Waals surface area contributed by atoms with Crippen LogP contribution in [0.4, 0.5) is 4.39 Å². The molecule has 3 aromatic rings. The Morgan fingerprint density at radius 2 is 1.82 bits per heavy atom. The van der Waals surface area contributed by atoms with E-state index in [1.807, 2.05) is 18.2 Å². The number of hydroxylamine groups is 2. The largest absolute Gasteiger partial charge is 0.486 e. The van der Waals surface area contributed by atoms with E-state index in [0.29, 0.717) is 12.4 Å². The molecule has 2 aliphatic heterocycles. The molecule has 2 unspecified atom stereocenters. The van der Waals surface area contributed by atoms with E-state index in [4.69, 9.17) is 31.9 Å². The van der Waals surface area contributed by atoms with Crippen LogP contribution in [0.3, 0.4) is 0 Å². The first-order valence-corrected chi connectivity index (χ1v) is 11.9. The number of guanidine groups is 1. The standard InChI is InChI=1S/C27H25ClFN3O2/c1-32-25(30)31-27(34-32)16-26(12-4-7-17-5-2-3-6-20(17)15-26)33-24-11-9-18(13-21(24)27)19-8-10-23(29)22(28)14-19/h2-3,5-6,8-11,13-14H,4,7,12,15-16H2,1H3,(H2,30,31). The molecular weight excluding hydrogens is 453 g/mol. The third-order valence-electron chi connectivity index (χ3n) is 7.16. The number of hydrogen-bond donors (Lipinski definition) is 1. The predicted molar refractivity (Wildman–Crippen MR) is 130 cm³/mol. The summed E-state index contributed by atoms with van der Waals surface area (Å²) in [5.41, 5.74) is 9.91. The summed E-state index contributed by atoms with van der Waals surface area (Å²) in [5.74, 6) is 0.610. The van der Waals surface area contributed by atoms with Gasteiger partial charge in [-0.3, -0.25) is 0 Å². The molecule has 2 N–H and O–H groups in total. The van der Waals surface area contributed by atoms with Crippen LogP contribution in [0, 0.1) is 5.82 Å². The molecule has 2 spiro atoms. The maximum Gasteiger partial charge on any atom is 0.222 e. The minimum absolute atomic E-state index is 0.0800. The van der Waals surface area contributed by atoms with Gasteiger partial charge in [-0.05, 0) is 65.8 Å². The number of nitrogens with two attached hydrogens (primary N) is 1. The number of benzene rings is 3. The van der Waals surface area contributed by atoms with Crippen LogP contribution in [0.5, 0.6) is 5.75 Å². The number of rotatable bonds is 1. The van der Waals surface area contributed by atoms with Crippen molar-refractivity contribution in [1.82, 2.24) is 5.06 Å². The molecule has 34 heavy (non-hydrogen) atoms. The normalized spacial score (nSPS) is 25.5. The molecule has 3 aliphatic rings. The highest BCUT2D eigenvalue weighted by atomic mass is 35.5. The Balaban J connectivity index is 1.47. The monoisotopic (exact) mass is 477 g/mol. The van der Waals surface area contributed by atoms with Crippen LogP contribution in [-0.2, 0) is 23.4 Å². The second-order valence-electron chi connectivity index (χ2n) is 9.44. The molecule has 1 aliphatic carbocycles. The lowest BCUT2D eigenvalue weighted by Gasteiger charge is -2.45. The fourth-order valence-electron chi connectivity index (χ4n) is 5.56. The van der Waals surface area contributed by atoms with Gasteiger partial charge in [0.1, 0.15) is 17.2 Å². The number of halogens is 2. The second-order valence-corrected chi connectivity index (χ2v) is 9.85. The smallest absolute Gasteiger partial charge is 0.222 e. The summed E-state index contributed by atoms with van der Waals surface area (Å²) in [6, 6.07) is 19.2. The minimum atomic E-state index is -0.995. The Morgan fingerprint density at radius 3 is 2.59 bits per heavy atom. The summed E-state index contributed by atoms with van der Waals surface area (Å²) in [6.45, 7) is 0. The summed E-state index contributed by atoms with van der Waals surface area (Å²) in [5, 5.41) is 1.60. The average Bonchev–Trinajstić information content (AvgIpc) is 2.98. The molecule has 0 amide bonds. The fourth-order valence-corrected chi connectivity index (χ4v) is 5.74. The van der Waals surface area contributed by atoms with E-state index >= 15 is 0 Å². The maximum absolute atomic E-state index is 13.7. The van der Waals surface area contributed by atoms with Crippen LogP contribution in [-0.4, -0.2) is 23.7 Å². The molecular formula is C27H25ClFN3O2. The molecule has 0 aromatic heterocycles. The number of hydrogen-bond acceptors (Lipinski definition) is 5. The van der Waals surface area contributed by atoms with Gasteiger partial charge in [-0.2, -0.15) is 0 Å². The van der Waals surface area contributed by atoms with E-state index in [-0.39, 0.29) is 5.02 Å². The fraction of sp³-hybridized carbons (Fsp3) is 0.296. The van der Waals surface area contributed by atoms with Gasteiger partial charge in [-0.1, -0.05) is 48.0 Å². The zero-order chi connectivity index (χ0) is 23.5. The van der Waals surface area contributed by atoms with Gasteiger partial charge in [0.2, 0.25) is 11.7 Å². The maximum atomic E-state index is 13.7. The van der Waals surface area contributed by atoms with Crippen LogP contribution >= 0.6 is 11.6 Å². The third-order valence-corrected chi connectivity index (χ3v) is 7.45. The van der Waals surface area contributed by atoms with Crippen LogP contribution < -0.4 is 10.5 Å². The average molecular weight is 478 g/mol. The van der Waals surface area contributed by atoms with Crippen molar-refractivity contribution in [3.8, 4) is 16.9 Å². The van der Waals surface area contributed by atoms with Gasteiger partial charge in [0, 0.05) is 19.9 Å². The first-order chi connectivity index (χ1) is 16.4. The summed E-state index contributed by atoms with van der Waals surface area (Å²) >= 11 is 6.05. The van der Waals surface area contributed by atoms with Crippen molar-refractivity contribution in [2.45, 2.75) is 43.4 Å². The lowest BCUT2D eigenvalue weighted by atomic mass is 9.78. The zero-order valence-corrected chi connectivity index (χ0v) is 19.6. The molecule has 0 fully saturated rings. The number of aliphatic imine (C=N–C) groups is 1. The highest BCUT2D eigenvalue weighted by molar-refractivity contribution is 6.31. The SMILES string of the molecule is CN1OC2(CC3(CCCc4ccccc4C3)Oc3ccc(-c4ccc(F)c(Cl)c4)cc32)N=C1N. The van der Waals surface area contributed by atoms with E-state index in [0.717, 1.165) is 48.1 Å². The second kappa shape index (κ2) is 7.72. The summed E-state index contributed by atoms with van der Waals surface area (Å²) in [6.07, 6.45) is 4.25. The van der Waals surface area contributed by atoms with Crippen molar-refractivity contribution >= 4 is 17.6 Å². The van der Waals surface area contributed by atoms with E-state index in [2.05, 4.69) is 24.3 Å². The lowest BCUT2D eigenvalue weighted by Crippen LogP contribution is -2.49. The quantitative estimate of drug-likeness (QED) is 0.496. The third kappa shape index (κ3) is 3.44. The Hall–Kier alpha value is -3.09. The van der Waals surface area contributed by atoms with Crippen molar-refractivity contribution in [1.29, 1.82) is 0 Å². The molecule has 2 heterocycles. The highest BCUT2D eigenvalue weighted by Gasteiger charge is 2.54. The molecule has 3 aromatic carbocycles. The van der Waals surface area contributed by atoms with Crippen molar-refractivity contribution in [3.05, 3.63) is 88.2 Å². The lowest BCUT2D eigenvalue weighted by molar-refractivity contribution is -0.204. The van der Waals surface area contributed by atoms with Gasteiger partial charge in [0.25, 0.3) is 0 Å². The Morgan fingerprint density at radius 1 is 1.06 bits per heavy atom. The van der Waals surface area contributed by atoms with Gasteiger partial charge >= 0.3 is 0 Å². The Kier molecular flexibility index (Phi) is 4.87. The van der Waals surface area contributed by atoms with Crippen LogP contribution in [0.2, 0.25) is 5.02 Å². The summed E-state index contributed by atoms with van der Waals surface area (Å²) < 4.78 is 20.5. The molecule has 5 nitrogen and oxygen atoms in total. The molecule has 0 radical (unpaired) electrons. The first kappa shape index (κ1) is 21.4. The van der Waals surface area contributed by atoms with Crippen molar-refractivity contribution in [2.24, 2.45) is 10.7 Å². The van der Waals surface area contributed by atoms with E-state index in [1.165, 1.54) is 22.3 Å². The zero-order valence-electron chi connectivity index (χ0n) is 18.9. The van der Waals surface area contributed by atoms with Crippen LogP contribution in [0.25, 0.3) is 11.1 Å². The Labute approximate surface area is 202 Å². The summed E-state index contributed by atoms with van der Waals surface area (Å²) in [7, 11) is 1.77. The van der Waals surface area contributed by atoms with E-state index in [9.17, 15) is 4.39 Å². The first-order valence-electron chi connectivity index (χ1n) is 11.5. The van der Waals surface area contributed by atoms with Gasteiger partial charge in [0.05, 0.1) is 10.6 Å². The van der Waals surface area contributed by atoms with Gasteiger partial charge in [-0.15, -0.1) is 0 Å². The van der Waals surface area contributed by atoms with Crippen LogP contribution in [0.15, 0.2) is 65.7 Å². The van der Waals surface area contributed by atoms with E-state index in [1.54, 1.807) is 19.2 Å². The minimum Gasteiger partial charge on any atom is -0.486 e. The van der Waals surface area contributed by atoms with Gasteiger partial charge in [0.15, 0.2) is 0 Å². The summed E-state index contributed by atoms with van der Waals surface area (Å²) in [4.78, 5) is 11.2. The van der Waals surface area contributed by atoms with Crippen molar-refractivity contribution < 1.29 is 14.0 Å². The van der Waals surface area contributed by atoms with Gasteiger partial charge in [-0.25, -0.2) is 19.3 Å². The number of aryl methyl sites for hydroxylation is 1. The topological polar surface area (TPSA) is 60.1 Å². The molecule has 2 atom stereocenters.